The fourth-order valence-corrected chi connectivity index (χ4v) is 1.17. The highest BCUT2D eigenvalue weighted by molar-refractivity contribution is 5.26. The first kappa shape index (κ1) is 7.08. The summed E-state index contributed by atoms with van der Waals surface area (Å²) in [5, 5.41) is 8.62. The van der Waals surface area contributed by atoms with E-state index in [4.69, 9.17) is 5.26 Å². The minimum absolute atomic E-state index is 0.0868. The van der Waals surface area contributed by atoms with Crippen LogP contribution >= 0.6 is 0 Å². The molecule has 0 fully saturated rings. The highest BCUT2D eigenvalue weighted by Crippen LogP contribution is 2.21. The van der Waals surface area contributed by atoms with Crippen molar-refractivity contribution in [2.24, 2.45) is 11.8 Å². The number of hydrogen-bond donors (Lipinski definition) is 0. The molecule has 0 saturated carbocycles. The van der Waals surface area contributed by atoms with Crippen molar-refractivity contribution in [2.75, 3.05) is 0 Å². The lowest BCUT2D eigenvalue weighted by Gasteiger charge is -2.14. The van der Waals surface area contributed by atoms with Crippen LogP contribution in [0.4, 0.5) is 0 Å². The fourth-order valence-electron chi connectivity index (χ4n) is 1.17. The number of nitrogens with zero attached hydrogens (tertiary/aromatic N) is 1. The van der Waals surface area contributed by atoms with Gasteiger partial charge in [-0.3, -0.25) is 0 Å². The molecule has 0 aromatic rings. The SMILES string of the molecule is CC1=CC(C)C(C#N)C=C1. The van der Waals surface area contributed by atoms with Gasteiger partial charge in [0.25, 0.3) is 0 Å². The number of nitriles is 1. The van der Waals surface area contributed by atoms with Crippen molar-refractivity contribution in [1.29, 1.82) is 5.26 Å². The zero-order valence-electron chi connectivity index (χ0n) is 6.33. The molecule has 0 aliphatic heterocycles. The summed E-state index contributed by atoms with van der Waals surface area (Å²) in [6.07, 6.45) is 6.11. The van der Waals surface area contributed by atoms with Gasteiger partial charge >= 0.3 is 0 Å². The molecule has 0 amide bonds. The summed E-state index contributed by atoms with van der Waals surface area (Å²) in [6, 6.07) is 2.24. The average molecular weight is 133 g/mol. The van der Waals surface area contributed by atoms with Crippen LogP contribution in [-0.2, 0) is 0 Å². The molecule has 1 heteroatoms. The third-order valence-electron chi connectivity index (χ3n) is 1.81. The van der Waals surface area contributed by atoms with E-state index < -0.39 is 0 Å². The fraction of sp³-hybridized carbons (Fsp3) is 0.444. The third-order valence-corrected chi connectivity index (χ3v) is 1.81. The van der Waals surface area contributed by atoms with Gasteiger partial charge in [0, 0.05) is 0 Å². The molecule has 10 heavy (non-hydrogen) atoms. The minimum Gasteiger partial charge on any atom is -0.198 e. The summed E-state index contributed by atoms with van der Waals surface area (Å²) in [4.78, 5) is 0. The third kappa shape index (κ3) is 1.27. The summed E-state index contributed by atoms with van der Waals surface area (Å²) >= 11 is 0. The molecule has 1 rings (SSSR count). The van der Waals surface area contributed by atoms with E-state index in [-0.39, 0.29) is 5.92 Å². The summed E-state index contributed by atoms with van der Waals surface area (Å²) in [5.74, 6) is 0.471. The van der Waals surface area contributed by atoms with Crippen molar-refractivity contribution >= 4 is 0 Å². The monoisotopic (exact) mass is 133 g/mol. The van der Waals surface area contributed by atoms with Crippen LogP contribution in [0.1, 0.15) is 13.8 Å². The Labute approximate surface area is 61.7 Å². The molecule has 0 aromatic heterocycles. The first-order chi connectivity index (χ1) is 4.74. The molecule has 2 atom stereocenters. The van der Waals surface area contributed by atoms with Gasteiger partial charge in [-0.25, -0.2) is 0 Å². The van der Waals surface area contributed by atoms with E-state index in [0.717, 1.165) is 0 Å². The predicted octanol–water partition coefficient (Wildman–Crippen LogP) is 2.28. The molecule has 1 aliphatic rings. The normalized spacial score (nSPS) is 31.1. The van der Waals surface area contributed by atoms with E-state index in [0.29, 0.717) is 5.92 Å². The lowest BCUT2D eigenvalue weighted by atomic mass is 9.89. The zero-order valence-corrected chi connectivity index (χ0v) is 6.33. The number of hydrogen-bond acceptors (Lipinski definition) is 1. The first-order valence-electron chi connectivity index (χ1n) is 3.50. The van der Waals surface area contributed by atoms with Gasteiger partial charge in [-0.1, -0.05) is 30.7 Å². The highest BCUT2D eigenvalue weighted by atomic mass is 14.3. The van der Waals surface area contributed by atoms with E-state index in [9.17, 15) is 0 Å². The Bertz CT molecular complexity index is 217. The van der Waals surface area contributed by atoms with E-state index in [2.05, 4.69) is 26.0 Å². The van der Waals surface area contributed by atoms with E-state index in [1.807, 2.05) is 12.2 Å². The van der Waals surface area contributed by atoms with Gasteiger partial charge in [0.1, 0.15) is 0 Å². The molecule has 0 aromatic carbocycles. The van der Waals surface area contributed by atoms with Crippen LogP contribution in [-0.4, -0.2) is 0 Å². The summed E-state index contributed by atoms with van der Waals surface area (Å²) in [7, 11) is 0. The van der Waals surface area contributed by atoms with Gasteiger partial charge in [0.05, 0.1) is 12.0 Å². The summed E-state index contributed by atoms with van der Waals surface area (Å²) in [6.45, 7) is 4.13. The lowest BCUT2D eigenvalue weighted by molar-refractivity contribution is 0.612. The maximum Gasteiger partial charge on any atom is 0.0706 e. The Balaban J connectivity index is 2.76. The summed E-state index contributed by atoms with van der Waals surface area (Å²) in [5.41, 5.74) is 1.26. The molecular weight excluding hydrogens is 122 g/mol. The largest absolute Gasteiger partial charge is 0.198 e. The van der Waals surface area contributed by atoms with Crippen molar-refractivity contribution in [2.45, 2.75) is 13.8 Å². The van der Waals surface area contributed by atoms with Gasteiger partial charge in [-0.05, 0) is 12.8 Å². The Hall–Kier alpha value is -1.03. The number of allylic oxidation sites excluding steroid dienone is 4. The molecule has 0 spiro atoms. The highest BCUT2D eigenvalue weighted by Gasteiger charge is 2.13. The summed E-state index contributed by atoms with van der Waals surface area (Å²) < 4.78 is 0. The molecule has 1 aliphatic carbocycles. The van der Waals surface area contributed by atoms with Crippen LogP contribution in [0.2, 0.25) is 0 Å². The smallest absolute Gasteiger partial charge is 0.0706 e. The first-order valence-corrected chi connectivity index (χ1v) is 3.50. The maximum atomic E-state index is 8.62. The number of rotatable bonds is 0. The Kier molecular flexibility index (Phi) is 1.91. The van der Waals surface area contributed by atoms with Gasteiger partial charge in [0.2, 0.25) is 0 Å². The Morgan fingerprint density at radius 2 is 2.30 bits per heavy atom. The van der Waals surface area contributed by atoms with E-state index in [1.165, 1.54) is 5.57 Å². The predicted molar refractivity (Wildman–Crippen MR) is 41.2 cm³/mol. The quantitative estimate of drug-likeness (QED) is 0.497. The van der Waals surface area contributed by atoms with Crippen LogP contribution in [0.5, 0.6) is 0 Å². The van der Waals surface area contributed by atoms with Crippen LogP contribution in [0.25, 0.3) is 0 Å². The second kappa shape index (κ2) is 2.70. The average Bonchev–Trinajstić information content (AvgIpc) is 1.88. The van der Waals surface area contributed by atoms with Crippen molar-refractivity contribution in [3.05, 3.63) is 23.8 Å². The molecule has 0 N–H and O–H groups in total. The van der Waals surface area contributed by atoms with Gasteiger partial charge in [0.15, 0.2) is 0 Å². The molecule has 0 heterocycles. The molecule has 0 bridgehead atoms. The molecule has 52 valence electrons. The lowest BCUT2D eigenvalue weighted by Crippen LogP contribution is -2.07. The minimum atomic E-state index is 0.0868. The Morgan fingerprint density at radius 1 is 1.60 bits per heavy atom. The topological polar surface area (TPSA) is 23.8 Å². The van der Waals surface area contributed by atoms with Crippen LogP contribution in [0, 0.1) is 23.2 Å². The van der Waals surface area contributed by atoms with Gasteiger partial charge < -0.3 is 0 Å². The molecule has 0 saturated heterocycles. The molecule has 0 radical (unpaired) electrons. The second-order valence-corrected chi connectivity index (χ2v) is 2.78. The zero-order chi connectivity index (χ0) is 7.56. The standard InChI is InChI=1S/C9H11N/c1-7-3-4-9(6-10)8(2)5-7/h3-5,8-9H,1-2H3. The van der Waals surface area contributed by atoms with Gasteiger partial charge in [-0.2, -0.15) is 5.26 Å². The van der Waals surface area contributed by atoms with E-state index in [1.54, 1.807) is 0 Å². The van der Waals surface area contributed by atoms with Crippen molar-refractivity contribution < 1.29 is 0 Å². The van der Waals surface area contributed by atoms with Crippen molar-refractivity contribution in [1.82, 2.24) is 0 Å². The Morgan fingerprint density at radius 3 is 2.80 bits per heavy atom. The van der Waals surface area contributed by atoms with Crippen molar-refractivity contribution in [3.63, 3.8) is 0 Å². The second-order valence-electron chi connectivity index (χ2n) is 2.78. The molecule has 2 unspecified atom stereocenters. The van der Waals surface area contributed by atoms with E-state index >= 15 is 0 Å². The molecular formula is C9H11N. The molecule has 1 nitrogen and oxygen atoms in total. The van der Waals surface area contributed by atoms with Crippen molar-refractivity contribution in [3.8, 4) is 6.07 Å². The van der Waals surface area contributed by atoms with Gasteiger partial charge in [-0.15, -0.1) is 0 Å². The van der Waals surface area contributed by atoms with Crippen LogP contribution < -0.4 is 0 Å². The van der Waals surface area contributed by atoms with Crippen LogP contribution in [0.3, 0.4) is 0 Å². The maximum absolute atomic E-state index is 8.62. The van der Waals surface area contributed by atoms with Crippen LogP contribution in [0.15, 0.2) is 23.8 Å².